The average molecular weight is 318 g/mol. The minimum Gasteiger partial charge on any atom is -0.467 e. The van der Waals surface area contributed by atoms with Crippen molar-refractivity contribution in [1.82, 2.24) is 5.32 Å². The van der Waals surface area contributed by atoms with E-state index in [1.165, 1.54) is 11.1 Å². The molecular weight excluding hydrogens is 296 g/mol. The third-order valence-electron chi connectivity index (χ3n) is 3.05. The first kappa shape index (κ1) is 16.5. The van der Waals surface area contributed by atoms with Gasteiger partial charge in [0.05, 0.1) is 6.26 Å². The molecule has 1 aromatic carbocycles. The second-order valence-electron chi connectivity index (χ2n) is 5.24. The van der Waals surface area contributed by atoms with Crippen LogP contribution in [0.4, 0.5) is 5.69 Å². The number of thiocarbonyl (C=S) groups is 1. The van der Waals surface area contributed by atoms with E-state index in [0.717, 1.165) is 24.4 Å². The molecule has 1 heterocycles. The zero-order valence-corrected chi connectivity index (χ0v) is 13.8. The number of anilines is 1. The molecule has 0 saturated heterocycles. The maximum atomic E-state index is 5.51. The standard InChI is InChI=1S/C17H22N2O2S/c1-13-9-14(2)11-15(10-13)19-17(22)18-6-4-7-20-12-16-5-3-8-21-16/h3,5,8-11H,4,6-7,12H2,1-2H3,(H2,18,19,22). The van der Waals surface area contributed by atoms with Crippen molar-refractivity contribution in [2.24, 2.45) is 0 Å². The molecule has 0 atom stereocenters. The normalized spacial score (nSPS) is 10.5. The molecule has 2 rings (SSSR count). The van der Waals surface area contributed by atoms with Gasteiger partial charge in [0, 0.05) is 18.8 Å². The number of hydrogen-bond donors (Lipinski definition) is 2. The van der Waals surface area contributed by atoms with E-state index in [-0.39, 0.29) is 0 Å². The second-order valence-corrected chi connectivity index (χ2v) is 5.65. The molecule has 0 radical (unpaired) electrons. The van der Waals surface area contributed by atoms with Gasteiger partial charge < -0.3 is 19.8 Å². The maximum Gasteiger partial charge on any atom is 0.170 e. The summed E-state index contributed by atoms with van der Waals surface area (Å²) in [6, 6.07) is 10.1. The monoisotopic (exact) mass is 318 g/mol. The Hall–Kier alpha value is -1.85. The van der Waals surface area contributed by atoms with Gasteiger partial charge in [-0.2, -0.15) is 0 Å². The molecule has 0 saturated carbocycles. The van der Waals surface area contributed by atoms with Gasteiger partial charge in [-0.15, -0.1) is 0 Å². The average Bonchev–Trinajstić information content (AvgIpc) is 2.94. The van der Waals surface area contributed by atoms with E-state index < -0.39 is 0 Å². The van der Waals surface area contributed by atoms with Crippen molar-refractivity contribution < 1.29 is 9.15 Å². The lowest BCUT2D eigenvalue weighted by Crippen LogP contribution is -2.29. The Balaban J connectivity index is 1.59. The van der Waals surface area contributed by atoms with Gasteiger partial charge in [0.2, 0.25) is 0 Å². The van der Waals surface area contributed by atoms with E-state index in [4.69, 9.17) is 21.4 Å². The third-order valence-corrected chi connectivity index (χ3v) is 3.30. The van der Waals surface area contributed by atoms with Crippen LogP contribution in [0.25, 0.3) is 0 Å². The Bertz CT molecular complexity index is 576. The lowest BCUT2D eigenvalue weighted by atomic mass is 10.1. The largest absolute Gasteiger partial charge is 0.467 e. The molecule has 0 amide bonds. The lowest BCUT2D eigenvalue weighted by Gasteiger charge is -2.11. The smallest absolute Gasteiger partial charge is 0.170 e. The van der Waals surface area contributed by atoms with E-state index in [9.17, 15) is 0 Å². The summed E-state index contributed by atoms with van der Waals surface area (Å²) >= 11 is 5.29. The molecule has 22 heavy (non-hydrogen) atoms. The summed E-state index contributed by atoms with van der Waals surface area (Å²) < 4.78 is 10.7. The molecule has 0 spiro atoms. The fourth-order valence-electron chi connectivity index (χ4n) is 2.17. The van der Waals surface area contributed by atoms with Crippen molar-refractivity contribution in [3.8, 4) is 0 Å². The van der Waals surface area contributed by atoms with E-state index in [0.29, 0.717) is 18.3 Å². The minimum absolute atomic E-state index is 0.512. The number of hydrogen-bond acceptors (Lipinski definition) is 3. The van der Waals surface area contributed by atoms with Gasteiger partial charge in [0.25, 0.3) is 0 Å². The molecular formula is C17H22N2O2S. The zero-order valence-electron chi connectivity index (χ0n) is 13.0. The van der Waals surface area contributed by atoms with Crippen LogP contribution in [0.15, 0.2) is 41.0 Å². The van der Waals surface area contributed by atoms with E-state index >= 15 is 0 Å². The van der Waals surface area contributed by atoms with Gasteiger partial charge in [0.1, 0.15) is 12.4 Å². The van der Waals surface area contributed by atoms with Gasteiger partial charge in [-0.1, -0.05) is 6.07 Å². The predicted octanol–water partition coefficient (Wildman–Crippen LogP) is 3.79. The summed E-state index contributed by atoms with van der Waals surface area (Å²) in [4.78, 5) is 0. The van der Waals surface area contributed by atoms with Gasteiger partial charge in [-0.05, 0) is 67.9 Å². The molecule has 0 unspecified atom stereocenters. The Morgan fingerprint density at radius 3 is 2.68 bits per heavy atom. The van der Waals surface area contributed by atoms with Crippen molar-refractivity contribution in [2.45, 2.75) is 26.9 Å². The van der Waals surface area contributed by atoms with Crippen LogP contribution in [0.1, 0.15) is 23.3 Å². The number of rotatable bonds is 7. The molecule has 5 heteroatoms. The van der Waals surface area contributed by atoms with Gasteiger partial charge in [-0.3, -0.25) is 0 Å². The molecule has 2 N–H and O–H groups in total. The number of nitrogens with one attached hydrogen (secondary N) is 2. The molecule has 0 bridgehead atoms. The maximum absolute atomic E-state index is 5.51. The Morgan fingerprint density at radius 2 is 2.00 bits per heavy atom. The van der Waals surface area contributed by atoms with Crippen LogP contribution in [0, 0.1) is 13.8 Å². The van der Waals surface area contributed by atoms with Gasteiger partial charge in [-0.25, -0.2) is 0 Å². The first-order valence-corrected chi connectivity index (χ1v) is 7.77. The first-order valence-electron chi connectivity index (χ1n) is 7.37. The van der Waals surface area contributed by atoms with Crippen LogP contribution in [0.2, 0.25) is 0 Å². The van der Waals surface area contributed by atoms with Crippen LogP contribution >= 0.6 is 12.2 Å². The van der Waals surface area contributed by atoms with Crippen molar-refractivity contribution in [2.75, 3.05) is 18.5 Å². The topological polar surface area (TPSA) is 46.4 Å². The minimum atomic E-state index is 0.512. The van der Waals surface area contributed by atoms with E-state index in [1.807, 2.05) is 12.1 Å². The van der Waals surface area contributed by atoms with Crippen LogP contribution in [0.5, 0.6) is 0 Å². The highest BCUT2D eigenvalue weighted by Gasteiger charge is 2.00. The number of benzene rings is 1. The Morgan fingerprint density at radius 1 is 1.23 bits per heavy atom. The number of furan rings is 1. The van der Waals surface area contributed by atoms with Gasteiger partial charge >= 0.3 is 0 Å². The summed E-state index contributed by atoms with van der Waals surface area (Å²) in [5.41, 5.74) is 3.46. The molecule has 0 aliphatic heterocycles. The summed E-state index contributed by atoms with van der Waals surface area (Å²) in [7, 11) is 0. The summed E-state index contributed by atoms with van der Waals surface area (Å²) in [6.07, 6.45) is 2.53. The SMILES string of the molecule is Cc1cc(C)cc(NC(=S)NCCCOCc2ccco2)c1. The van der Waals surface area contributed by atoms with Crippen LogP contribution in [-0.4, -0.2) is 18.3 Å². The third kappa shape index (κ3) is 5.87. The Labute approximate surface area is 136 Å². The second kappa shape index (κ2) is 8.56. The van der Waals surface area contributed by atoms with Crippen molar-refractivity contribution in [1.29, 1.82) is 0 Å². The number of aryl methyl sites for hydroxylation is 2. The van der Waals surface area contributed by atoms with E-state index in [1.54, 1.807) is 6.26 Å². The van der Waals surface area contributed by atoms with Crippen LogP contribution < -0.4 is 10.6 Å². The highest BCUT2D eigenvalue weighted by atomic mass is 32.1. The summed E-state index contributed by atoms with van der Waals surface area (Å²) in [6.45, 7) is 6.10. The summed E-state index contributed by atoms with van der Waals surface area (Å²) in [5, 5.41) is 7.02. The highest BCUT2D eigenvalue weighted by molar-refractivity contribution is 7.80. The van der Waals surface area contributed by atoms with Gasteiger partial charge in [0.15, 0.2) is 5.11 Å². The van der Waals surface area contributed by atoms with Crippen molar-refractivity contribution in [3.05, 3.63) is 53.5 Å². The zero-order chi connectivity index (χ0) is 15.8. The fourth-order valence-corrected chi connectivity index (χ4v) is 2.39. The molecule has 2 aromatic rings. The van der Waals surface area contributed by atoms with Crippen LogP contribution in [-0.2, 0) is 11.3 Å². The molecule has 0 aliphatic carbocycles. The predicted molar refractivity (Wildman–Crippen MR) is 93.1 cm³/mol. The Kier molecular flexibility index (Phi) is 6.43. The number of ether oxygens (including phenoxy) is 1. The van der Waals surface area contributed by atoms with Crippen LogP contribution in [0.3, 0.4) is 0 Å². The fraction of sp³-hybridized carbons (Fsp3) is 0.353. The molecule has 1 aromatic heterocycles. The van der Waals surface area contributed by atoms with Crippen molar-refractivity contribution >= 4 is 23.0 Å². The molecule has 0 fully saturated rings. The van der Waals surface area contributed by atoms with Crippen molar-refractivity contribution in [3.63, 3.8) is 0 Å². The van der Waals surface area contributed by atoms with E-state index in [2.05, 4.69) is 42.7 Å². The lowest BCUT2D eigenvalue weighted by molar-refractivity contribution is 0.105. The first-order chi connectivity index (χ1) is 10.6. The molecule has 0 aliphatic rings. The quantitative estimate of drug-likeness (QED) is 0.601. The highest BCUT2D eigenvalue weighted by Crippen LogP contribution is 2.13. The molecule has 118 valence electrons. The molecule has 4 nitrogen and oxygen atoms in total. The summed E-state index contributed by atoms with van der Waals surface area (Å²) in [5.74, 6) is 0.847.